The van der Waals surface area contributed by atoms with E-state index in [1.165, 1.54) is 12.8 Å². The van der Waals surface area contributed by atoms with E-state index in [1.54, 1.807) is 0 Å². The normalized spacial score (nSPS) is 27.5. The van der Waals surface area contributed by atoms with E-state index < -0.39 is 0 Å². The Hall–Kier alpha value is -0.520. The molecule has 0 bridgehead atoms. The predicted octanol–water partition coefficient (Wildman–Crippen LogP) is 0.777. The molecule has 62 valence electrons. The highest BCUT2D eigenvalue weighted by Crippen LogP contribution is 2.15. The van der Waals surface area contributed by atoms with Gasteiger partial charge >= 0.3 is 0 Å². The van der Waals surface area contributed by atoms with Crippen molar-refractivity contribution in [2.24, 2.45) is 0 Å². The molecule has 1 heterocycles. The maximum atomic E-state index is 5.52. The Balaban J connectivity index is 2.38. The van der Waals surface area contributed by atoms with Gasteiger partial charge in [-0.3, -0.25) is 0 Å². The second-order valence-corrected chi connectivity index (χ2v) is 2.84. The summed E-state index contributed by atoms with van der Waals surface area (Å²) in [6, 6.07) is 0.0929. The van der Waals surface area contributed by atoms with Crippen LogP contribution in [0.5, 0.6) is 0 Å². The summed E-state index contributed by atoms with van der Waals surface area (Å²) >= 11 is 0. The van der Waals surface area contributed by atoms with Gasteiger partial charge in [-0.2, -0.15) is 0 Å². The highest BCUT2D eigenvalue weighted by Gasteiger charge is 2.20. The number of ether oxygens (including phenoxy) is 1. The Kier molecular flexibility index (Phi) is 3.41. The Bertz CT molecular complexity index is 144. The van der Waals surface area contributed by atoms with Crippen molar-refractivity contribution < 1.29 is 4.74 Å². The molecule has 2 nitrogen and oxygen atoms in total. The molecule has 0 radical (unpaired) electrons. The second-order valence-electron chi connectivity index (χ2n) is 2.84. The van der Waals surface area contributed by atoms with Crippen molar-refractivity contribution in [3.05, 3.63) is 0 Å². The molecule has 11 heavy (non-hydrogen) atoms. The summed E-state index contributed by atoms with van der Waals surface area (Å²) in [7, 11) is 1.88. The van der Waals surface area contributed by atoms with E-state index in [2.05, 4.69) is 11.2 Å². The van der Waals surface area contributed by atoms with Gasteiger partial charge in [0, 0.05) is 6.61 Å². The van der Waals surface area contributed by atoms with Crippen LogP contribution in [0.1, 0.15) is 19.3 Å². The smallest absolute Gasteiger partial charge is 0.0950 e. The SMILES string of the molecule is C#CC(NC)C1CCCCO1. The first kappa shape index (κ1) is 8.58. The van der Waals surface area contributed by atoms with Crippen molar-refractivity contribution >= 4 is 0 Å². The summed E-state index contributed by atoms with van der Waals surface area (Å²) < 4.78 is 5.52. The first-order valence-corrected chi connectivity index (χ1v) is 4.13. The van der Waals surface area contributed by atoms with Gasteiger partial charge in [-0.1, -0.05) is 5.92 Å². The van der Waals surface area contributed by atoms with Gasteiger partial charge in [-0.05, 0) is 26.3 Å². The van der Waals surface area contributed by atoms with Gasteiger partial charge in [0.25, 0.3) is 0 Å². The molecule has 1 rings (SSSR count). The molecule has 1 aliphatic heterocycles. The molecule has 1 saturated heterocycles. The van der Waals surface area contributed by atoms with E-state index in [9.17, 15) is 0 Å². The molecular weight excluding hydrogens is 138 g/mol. The quantitative estimate of drug-likeness (QED) is 0.592. The molecule has 0 aromatic heterocycles. The summed E-state index contributed by atoms with van der Waals surface area (Å²) in [5, 5.41) is 3.06. The summed E-state index contributed by atoms with van der Waals surface area (Å²) in [6.07, 6.45) is 9.07. The highest BCUT2D eigenvalue weighted by molar-refractivity contribution is 5.02. The van der Waals surface area contributed by atoms with E-state index in [4.69, 9.17) is 11.2 Å². The van der Waals surface area contributed by atoms with Crippen molar-refractivity contribution in [1.29, 1.82) is 0 Å². The van der Waals surface area contributed by atoms with Gasteiger partial charge in [0.2, 0.25) is 0 Å². The van der Waals surface area contributed by atoms with Crippen LogP contribution in [0.2, 0.25) is 0 Å². The van der Waals surface area contributed by atoms with Crippen LogP contribution in [0, 0.1) is 12.3 Å². The van der Waals surface area contributed by atoms with E-state index in [0.29, 0.717) is 0 Å². The largest absolute Gasteiger partial charge is 0.376 e. The van der Waals surface area contributed by atoms with Crippen molar-refractivity contribution in [3.8, 4) is 12.3 Å². The zero-order valence-corrected chi connectivity index (χ0v) is 6.97. The zero-order chi connectivity index (χ0) is 8.10. The zero-order valence-electron chi connectivity index (χ0n) is 6.97. The Labute approximate surface area is 68.3 Å². The molecule has 0 aliphatic carbocycles. The Morgan fingerprint density at radius 1 is 1.64 bits per heavy atom. The molecule has 1 fully saturated rings. The fraction of sp³-hybridized carbons (Fsp3) is 0.778. The van der Waals surface area contributed by atoms with Crippen LogP contribution in [-0.2, 0) is 4.74 Å². The molecule has 1 N–H and O–H groups in total. The van der Waals surface area contributed by atoms with Gasteiger partial charge < -0.3 is 10.1 Å². The van der Waals surface area contributed by atoms with Crippen LogP contribution in [0.3, 0.4) is 0 Å². The minimum atomic E-state index is 0.0929. The summed E-state index contributed by atoms with van der Waals surface area (Å²) in [4.78, 5) is 0. The summed E-state index contributed by atoms with van der Waals surface area (Å²) in [5.74, 6) is 2.69. The third kappa shape index (κ3) is 2.21. The van der Waals surface area contributed by atoms with Gasteiger partial charge in [0.1, 0.15) is 0 Å². The topological polar surface area (TPSA) is 21.3 Å². The van der Waals surface area contributed by atoms with Crippen LogP contribution in [0.15, 0.2) is 0 Å². The monoisotopic (exact) mass is 153 g/mol. The van der Waals surface area contributed by atoms with Gasteiger partial charge in [0.15, 0.2) is 0 Å². The first-order chi connectivity index (χ1) is 5.38. The lowest BCUT2D eigenvalue weighted by Crippen LogP contribution is -2.39. The maximum Gasteiger partial charge on any atom is 0.0950 e. The second kappa shape index (κ2) is 4.38. The lowest BCUT2D eigenvalue weighted by atomic mass is 10.0. The fourth-order valence-electron chi connectivity index (χ4n) is 1.41. The van der Waals surface area contributed by atoms with Crippen LogP contribution in [-0.4, -0.2) is 25.8 Å². The van der Waals surface area contributed by atoms with Crippen molar-refractivity contribution in [1.82, 2.24) is 5.32 Å². The minimum absolute atomic E-state index is 0.0929. The molecule has 0 saturated carbocycles. The van der Waals surface area contributed by atoms with Crippen molar-refractivity contribution in [3.63, 3.8) is 0 Å². The molecule has 2 heteroatoms. The summed E-state index contributed by atoms with van der Waals surface area (Å²) in [5.41, 5.74) is 0. The average molecular weight is 153 g/mol. The van der Waals surface area contributed by atoms with Crippen LogP contribution in [0.25, 0.3) is 0 Å². The molecule has 0 aromatic carbocycles. The number of likely N-dealkylation sites (N-methyl/N-ethyl adjacent to an activating group) is 1. The number of rotatable bonds is 2. The van der Waals surface area contributed by atoms with Gasteiger partial charge in [-0.15, -0.1) is 6.42 Å². The van der Waals surface area contributed by atoms with Gasteiger partial charge in [0.05, 0.1) is 12.1 Å². The van der Waals surface area contributed by atoms with Crippen LogP contribution >= 0.6 is 0 Å². The van der Waals surface area contributed by atoms with Gasteiger partial charge in [-0.25, -0.2) is 0 Å². The molecule has 0 spiro atoms. The molecule has 2 unspecified atom stereocenters. The molecule has 0 aromatic rings. The highest BCUT2D eigenvalue weighted by atomic mass is 16.5. The van der Waals surface area contributed by atoms with Crippen molar-refractivity contribution in [2.45, 2.75) is 31.4 Å². The standard InChI is InChI=1S/C9H15NO/c1-3-8(10-2)9-6-4-5-7-11-9/h1,8-10H,4-7H2,2H3. The fourth-order valence-corrected chi connectivity index (χ4v) is 1.41. The molecule has 0 amide bonds. The van der Waals surface area contributed by atoms with E-state index in [0.717, 1.165) is 13.0 Å². The lowest BCUT2D eigenvalue weighted by molar-refractivity contribution is 0.00541. The Morgan fingerprint density at radius 3 is 2.91 bits per heavy atom. The molecular formula is C9H15NO. The van der Waals surface area contributed by atoms with Crippen molar-refractivity contribution in [2.75, 3.05) is 13.7 Å². The van der Waals surface area contributed by atoms with Crippen LogP contribution in [0.4, 0.5) is 0 Å². The number of nitrogens with one attached hydrogen (secondary N) is 1. The first-order valence-electron chi connectivity index (χ1n) is 4.13. The minimum Gasteiger partial charge on any atom is -0.376 e. The Morgan fingerprint density at radius 2 is 2.45 bits per heavy atom. The van der Waals surface area contributed by atoms with E-state index >= 15 is 0 Å². The molecule has 1 aliphatic rings. The number of hydrogen-bond acceptors (Lipinski definition) is 2. The third-order valence-electron chi connectivity index (χ3n) is 2.08. The third-order valence-corrected chi connectivity index (χ3v) is 2.08. The maximum absolute atomic E-state index is 5.52. The van der Waals surface area contributed by atoms with E-state index in [1.807, 2.05) is 7.05 Å². The predicted molar refractivity (Wildman–Crippen MR) is 45.3 cm³/mol. The van der Waals surface area contributed by atoms with Crippen LogP contribution < -0.4 is 5.32 Å². The van der Waals surface area contributed by atoms with E-state index in [-0.39, 0.29) is 12.1 Å². The number of hydrogen-bond donors (Lipinski definition) is 1. The summed E-state index contributed by atoms with van der Waals surface area (Å²) in [6.45, 7) is 0.866. The lowest BCUT2D eigenvalue weighted by Gasteiger charge is -2.26. The number of terminal acetylenes is 1. The average Bonchev–Trinajstić information content (AvgIpc) is 2.09. The molecule has 2 atom stereocenters.